The van der Waals surface area contributed by atoms with Gasteiger partial charge in [0, 0.05) is 12.2 Å². The fourth-order valence-electron chi connectivity index (χ4n) is 2.41. The molecule has 1 N–H and O–H groups in total. The molecule has 1 fully saturated rings. The third kappa shape index (κ3) is 2.62. The van der Waals surface area contributed by atoms with E-state index in [1.54, 1.807) is 33.5 Å². The highest BCUT2D eigenvalue weighted by Gasteiger charge is 2.29. The van der Waals surface area contributed by atoms with Crippen LogP contribution >= 0.6 is 0 Å². The van der Waals surface area contributed by atoms with Gasteiger partial charge in [0.15, 0.2) is 11.5 Å². The summed E-state index contributed by atoms with van der Waals surface area (Å²) in [7, 11) is 4.65. The van der Waals surface area contributed by atoms with Crippen molar-refractivity contribution in [1.82, 2.24) is 0 Å². The van der Waals surface area contributed by atoms with Gasteiger partial charge in [-0.25, -0.2) is 0 Å². The zero-order valence-electron chi connectivity index (χ0n) is 11.5. The molecule has 1 heterocycles. The van der Waals surface area contributed by atoms with Crippen LogP contribution in [0.1, 0.15) is 24.5 Å². The lowest BCUT2D eigenvalue weighted by Crippen LogP contribution is -2.18. The molecule has 0 saturated carbocycles. The van der Waals surface area contributed by atoms with E-state index in [0.29, 0.717) is 29.4 Å². The van der Waals surface area contributed by atoms with Gasteiger partial charge in [-0.2, -0.15) is 0 Å². The van der Waals surface area contributed by atoms with Crippen LogP contribution in [-0.4, -0.2) is 39.1 Å². The van der Waals surface area contributed by atoms with Gasteiger partial charge >= 0.3 is 0 Å². The molecule has 5 heteroatoms. The standard InChI is InChI=1S/C14H20O5/c1-16-11-7-6-9(13(17-2)14(11)18-3)12(15)10-5-4-8-19-10/h6-7,10,12,15H,4-5,8H2,1-3H3. The van der Waals surface area contributed by atoms with Gasteiger partial charge in [-0.1, -0.05) is 0 Å². The van der Waals surface area contributed by atoms with Crippen LogP contribution in [0.5, 0.6) is 17.2 Å². The first-order chi connectivity index (χ1) is 9.22. The SMILES string of the molecule is COc1ccc(C(O)C2CCCO2)c(OC)c1OC. The highest BCUT2D eigenvalue weighted by atomic mass is 16.5. The van der Waals surface area contributed by atoms with Crippen molar-refractivity contribution in [2.45, 2.75) is 25.0 Å². The fourth-order valence-corrected chi connectivity index (χ4v) is 2.41. The molecule has 5 nitrogen and oxygen atoms in total. The van der Waals surface area contributed by atoms with E-state index in [4.69, 9.17) is 18.9 Å². The Morgan fingerprint density at radius 2 is 1.89 bits per heavy atom. The van der Waals surface area contributed by atoms with Crippen LogP contribution < -0.4 is 14.2 Å². The second kappa shape index (κ2) is 6.12. The van der Waals surface area contributed by atoms with Crippen molar-refractivity contribution in [2.75, 3.05) is 27.9 Å². The van der Waals surface area contributed by atoms with E-state index in [2.05, 4.69) is 0 Å². The van der Waals surface area contributed by atoms with Crippen molar-refractivity contribution in [3.8, 4) is 17.2 Å². The van der Waals surface area contributed by atoms with Gasteiger partial charge in [-0.05, 0) is 25.0 Å². The van der Waals surface area contributed by atoms with E-state index in [-0.39, 0.29) is 6.10 Å². The third-order valence-electron chi connectivity index (χ3n) is 3.37. The average molecular weight is 268 g/mol. The number of ether oxygens (including phenoxy) is 4. The first-order valence-electron chi connectivity index (χ1n) is 6.31. The molecule has 0 aromatic heterocycles. The molecule has 0 radical (unpaired) electrons. The highest BCUT2D eigenvalue weighted by molar-refractivity contribution is 5.56. The molecule has 2 rings (SSSR count). The van der Waals surface area contributed by atoms with Crippen molar-refractivity contribution >= 4 is 0 Å². The van der Waals surface area contributed by atoms with Crippen LogP contribution in [0.4, 0.5) is 0 Å². The molecule has 1 aromatic rings. The summed E-state index contributed by atoms with van der Waals surface area (Å²) < 4.78 is 21.4. The van der Waals surface area contributed by atoms with Gasteiger partial charge in [0.05, 0.1) is 27.4 Å². The Bertz CT molecular complexity index is 426. The average Bonchev–Trinajstić information content (AvgIpc) is 2.98. The Morgan fingerprint density at radius 1 is 1.16 bits per heavy atom. The summed E-state index contributed by atoms with van der Waals surface area (Å²) in [5, 5.41) is 10.4. The van der Waals surface area contributed by atoms with Crippen LogP contribution in [0.2, 0.25) is 0 Å². The Hall–Kier alpha value is -1.46. The summed E-state index contributed by atoms with van der Waals surface area (Å²) in [6.45, 7) is 0.692. The van der Waals surface area contributed by atoms with E-state index in [9.17, 15) is 5.11 Å². The predicted molar refractivity (Wildman–Crippen MR) is 70.0 cm³/mol. The maximum absolute atomic E-state index is 10.4. The molecule has 2 atom stereocenters. The number of benzene rings is 1. The van der Waals surface area contributed by atoms with Crippen LogP contribution in [0.25, 0.3) is 0 Å². The topological polar surface area (TPSA) is 57.2 Å². The lowest BCUT2D eigenvalue weighted by molar-refractivity contribution is -0.00380. The minimum atomic E-state index is -0.725. The Kier molecular flexibility index (Phi) is 4.50. The number of hydrogen-bond acceptors (Lipinski definition) is 5. The van der Waals surface area contributed by atoms with Crippen molar-refractivity contribution in [2.24, 2.45) is 0 Å². The minimum Gasteiger partial charge on any atom is -0.493 e. The van der Waals surface area contributed by atoms with Crippen LogP contribution in [-0.2, 0) is 4.74 Å². The Labute approximate surface area is 113 Å². The van der Waals surface area contributed by atoms with Crippen molar-refractivity contribution in [1.29, 1.82) is 0 Å². The second-order valence-electron chi connectivity index (χ2n) is 4.42. The number of rotatable bonds is 5. The zero-order valence-corrected chi connectivity index (χ0v) is 11.5. The van der Waals surface area contributed by atoms with Crippen molar-refractivity contribution < 1.29 is 24.1 Å². The Balaban J connectivity index is 2.38. The van der Waals surface area contributed by atoms with Gasteiger partial charge in [-0.3, -0.25) is 0 Å². The quantitative estimate of drug-likeness (QED) is 0.884. The predicted octanol–water partition coefficient (Wildman–Crippen LogP) is 1.92. The summed E-state index contributed by atoms with van der Waals surface area (Å²) in [4.78, 5) is 0. The fraction of sp³-hybridized carbons (Fsp3) is 0.571. The molecule has 0 aliphatic carbocycles. The van der Waals surface area contributed by atoms with E-state index >= 15 is 0 Å². The molecule has 106 valence electrons. The summed E-state index contributed by atoms with van der Waals surface area (Å²) in [6.07, 6.45) is 0.903. The molecule has 2 unspecified atom stereocenters. The molecular weight excluding hydrogens is 248 g/mol. The smallest absolute Gasteiger partial charge is 0.203 e. The van der Waals surface area contributed by atoms with E-state index in [0.717, 1.165) is 12.8 Å². The second-order valence-corrected chi connectivity index (χ2v) is 4.42. The van der Waals surface area contributed by atoms with Crippen LogP contribution in [0.15, 0.2) is 12.1 Å². The molecule has 1 saturated heterocycles. The third-order valence-corrected chi connectivity index (χ3v) is 3.37. The molecule has 0 spiro atoms. The zero-order chi connectivity index (χ0) is 13.8. The molecule has 1 aliphatic rings. The van der Waals surface area contributed by atoms with Gasteiger partial charge in [0.2, 0.25) is 5.75 Å². The van der Waals surface area contributed by atoms with E-state index < -0.39 is 6.10 Å². The van der Waals surface area contributed by atoms with Crippen LogP contribution in [0, 0.1) is 0 Å². The Morgan fingerprint density at radius 3 is 2.42 bits per heavy atom. The van der Waals surface area contributed by atoms with E-state index in [1.807, 2.05) is 0 Å². The number of hydrogen-bond donors (Lipinski definition) is 1. The van der Waals surface area contributed by atoms with Crippen LogP contribution in [0.3, 0.4) is 0 Å². The lowest BCUT2D eigenvalue weighted by Gasteiger charge is -2.22. The normalized spacial score (nSPS) is 20.1. The molecular formula is C14H20O5. The summed E-state index contributed by atoms with van der Waals surface area (Å²) in [6, 6.07) is 3.54. The van der Waals surface area contributed by atoms with Crippen molar-refractivity contribution in [3.63, 3.8) is 0 Å². The maximum Gasteiger partial charge on any atom is 0.203 e. The van der Waals surface area contributed by atoms with Crippen molar-refractivity contribution in [3.05, 3.63) is 17.7 Å². The number of aliphatic hydroxyl groups excluding tert-OH is 1. The van der Waals surface area contributed by atoms with E-state index in [1.165, 1.54) is 0 Å². The highest BCUT2D eigenvalue weighted by Crippen LogP contribution is 2.43. The largest absolute Gasteiger partial charge is 0.493 e. The molecule has 1 aromatic carbocycles. The first kappa shape index (κ1) is 14.0. The lowest BCUT2D eigenvalue weighted by atomic mass is 10.0. The molecule has 0 bridgehead atoms. The van der Waals surface area contributed by atoms with Gasteiger partial charge in [-0.15, -0.1) is 0 Å². The number of methoxy groups -OCH3 is 3. The van der Waals surface area contributed by atoms with Gasteiger partial charge < -0.3 is 24.1 Å². The summed E-state index contributed by atoms with van der Waals surface area (Å²) >= 11 is 0. The molecule has 19 heavy (non-hydrogen) atoms. The molecule has 1 aliphatic heterocycles. The minimum absolute atomic E-state index is 0.188. The first-order valence-corrected chi connectivity index (χ1v) is 6.31. The molecule has 0 amide bonds. The maximum atomic E-state index is 10.4. The van der Waals surface area contributed by atoms with Gasteiger partial charge in [0.25, 0.3) is 0 Å². The summed E-state index contributed by atoms with van der Waals surface area (Å²) in [5.41, 5.74) is 0.659. The summed E-state index contributed by atoms with van der Waals surface area (Å²) in [5.74, 6) is 1.55. The monoisotopic (exact) mass is 268 g/mol. The van der Waals surface area contributed by atoms with Gasteiger partial charge in [0.1, 0.15) is 6.10 Å². The number of aliphatic hydroxyl groups is 1.